The normalized spacial score (nSPS) is 16.4. The fraction of sp³-hybridized carbons (Fsp3) is 0.400. The fourth-order valence-corrected chi connectivity index (χ4v) is 3.44. The molecule has 3 rings (SSSR count). The molecule has 2 heterocycles. The molecule has 5 heteroatoms. The molecule has 0 radical (unpaired) electrons. The first-order valence-corrected chi connectivity index (χ1v) is 8.61. The lowest BCUT2D eigenvalue weighted by atomic mass is 9.74. The average molecular weight is 340 g/mol. The van der Waals surface area contributed by atoms with Crippen LogP contribution in [0.15, 0.2) is 42.6 Å². The minimum absolute atomic E-state index is 0.0418. The predicted molar refractivity (Wildman–Crippen MR) is 95.9 cm³/mol. The van der Waals surface area contributed by atoms with Gasteiger partial charge in [-0.25, -0.2) is 0 Å². The first kappa shape index (κ1) is 17.4. The van der Waals surface area contributed by atoms with E-state index in [0.29, 0.717) is 31.0 Å². The van der Waals surface area contributed by atoms with Crippen molar-refractivity contribution in [1.29, 1.82) is 0 Å². The van der Waals surface area contributed by atoms with Crippen LogP contribution in [0.4, 0.5) is 0 Å². The van der Waals surface area contributed by atoms with Gasteiger partial charge in [0.25, 0.3) is 5.91 Å². The minimum atomic E-state index is -0.156. The number of hydrogen-bond acceptors (Lipinski definition) is 3. The molecule has 1 fully saturated rings. The standard InChI is InChI=1S/C20H24N2O3/c1-15(23)16-12-18(22(2)13-16)19(24)21-14-20(8-10-25-11-9-20)17-6-4-3-5-7-17/h3-7,12-13H,8-11,14H2,1-2H3,(H,21,24). The number of nitrogens with zero attached hydrogens (tertiary/aromatic N) is 1. The zero-order valence-electron chi connectivity index (χ0n) is 14.7. The highest BCUT2D eigenvalue weighted by atomic mass is 16.5. The van der Waals surface area contributed by atoms with Crippen LogP contribution in [-0.2, 0) is 17.2 Å². The van der Waals surface area contributed by atoms with Gasteiger partial charge in [0.15, 0.2) is 5.78 Å². The summed E-state index contributed by atoms with van der Waals surface area (Å²) in [6, 6.07) is 12.0. The third kappa shape index (κ3) is 3.66. The van der Waals surface area contributed by atoms with Crippen molar-refractivity contribution in [2.75, 3.05) is 19.8 Å². The van der Waals surface area contributed by atoms with E-state index >= 15 is 0 Å². The summed E-state index contributed by atoms with van der Waals surface area (Å²) in [5.41, 5.74) is 2.18. The maximum atomic E-state index is 12.6. The Bertz CT molecular complexity index is 759. The number of hydrogen-bond donors (Lipinski definition) is 1. The van der Waals surface area contributed by atoms with Crippen LogP contribution in [0.1, 0.15) is 46.2 Å². The number of carbonyl (C=O) groups is 2. The summed E-state index contributed by atoms with van der Waals surface area (Å²) in [6.07, 6.45) is 3.45. The summed E-state index contributed by atoms with van der Waals surface area (Å²) in [6.45, 7) is 3.45. The number of benzene rings is 1. The highest BCUT2D eigenvalue weighted by molar-refractivity contribution is 5.99. The summed E-state index contributed by atoms with van der Waals surface area (Å²) in [5, 5.41) is 3.07. The van der Waals surface area contributed by atoms with Crippen LogP contribution >= 0.6 is 0 Å². The number of nitrogens with one attached hydrogen (secondary N) is 1. The van der Waals surface area contributed by atoms with E-state index in [1.54, 1.807) is 23.9 Å². The summed E-state index contributed by atoms with van der Waals surface area (Å²) < 4.78 is 7.23. The van der Waals surface area contributed by atoms with E-state index in [1.165, 1.54) is 12.5 Å². The van der Waals surface area contributed by atoms with E-state index in [2.05, 4.69) is 17.4 Å². The molecule has 0 aliphatic carbocycles. The van der Waals surface area contributed by atoms with Crippen molar-refractivity contribution in [3.63, 3.8) is 0 Å². The molecule has 0 spiro atoms. The number of rotatable bonds is 5. The maximum absolute atomic E-state index is 12.6. The highest BCUT2D eigenvalue weighted by Crippen LogP contribution is 2.34. The van der Waals surface area contributed by atoms with Crippen LogP contribution in [0.25, 0.3) is 0 Å². The number of ether oxygens (including phenoxy) is 1. The van der Waals surface area contributed by atoms with Gasteiger partial charge in [-0.1, -0.05) is 30.3 Å². The zero-order chi connectivity index (χ0) is 17.9. The molecule has 1 aromatic heterocycles. The molecule has 25 heavy (non-hydrogen) atoms. The third-order valence-corrected chi connectivity index (χ3v) is 5.07. The number of ketones is 1. The van der Waals surface area contributed by atoms with Gasteiger partial charge in [-0.05, 0) is 31.4 Å². The van der Waals surface area contributed by atoms with Crippen molar-refractivity contribution in [2.45, 2.75) is 25.2 Å². The largest absolute Gasteiger partial charge is 0.381 e. The number of aromatic nitrogens is 1. The molecule has 1 saturated heterocycles. The van der Waals surface area contributed by atoms with Crippen LogP contribution in [0, 0.1) is 0 Å². The molecule has 1 aromatic carbocycles. The molecular weight excluding hydrogens is 316 g/mol. The number of aryl methyl sites for hydroxylation is 1. The molecule has 1 aliphatic heterocycles. The van der Waals surface area contributed by atoms with Crippen molar-refractivity contribution < 1.29 is 14.3 Å². The predicted octanol–water partition coefficient (Wildman–Crippen LogP) is 2.71. The van der Waals surface area contributed by atoms with E-state index in [9.17, 15) is 9.59 Å². The maximum Gasteiger partial charge on any atom is 0.267 e. The second kappa shape index (κ2) is 7.23. The molecular formula is C20H24N2O3. The Morgan fingerprint density at radius 1 is 1.20 bits per heavy atom. The van der Waals surface area contributed by atoms with Gasteiger partial charge in [0.05, 0.1) is 0 Å². The van der Waals surface area contributed by atoms with Crippen LogP contribution in [0.5, 0.6) is 0 Å². The molecule has 0 unspecified atom stereocenters. The van der Waals surface area contributed by atoms with E-state index in [-0.39, 0.29) is 17.1 Å². The van der Waals surface area contributed by atoms with Gasteiger partial charge >= 0.3 is 0 Å². The molecule has 1 amide bonds. The summed E-state index contributed by atoms with van der Waals surface area (Å²) in [5.74, 6) is -0.198. The quantitative estimate of drug-likeness (QED) is 0.852. The molecule has 0 atom stereocenters. The number of carbonyl (C=O) groups excluding carboxylic acids is 2. The summed E-state index contributed by atoms with van der Waals surface area (Å²) in [7, 11) is 1.78. The Balaban J connectivity index is 1.77. The van der Waals surface area contributed by atoms with Gasteiger partial charge < -0.3 is 14.6 Å². The van der Waals surface area contributed by atoms with Gasteiger partial charge in [-0.2, -0.15) is 0 Å². The topological polar surface area (TPSA) is 60.3 Å². The van der Waals surface area contributed by atoms with Gasteiger partial charge in [0, 0.05) is 44.0 Å². The lowest BCUT2D eigenvalue weighted by Gasteiger charge is -2.38. The van der Waals surface area contributed by atoms with Crippen LogP contribution in [0.2, 0.25) is 0 Å². The molecule has 132 valence electrons. The Morgan fingerprint density at radius 2 is 1.88 bits per heavy atom. The van der Waals surface area contributed by atoms with Crippen molar-refractivity contribution >= 4 is 11.7 Å². The van der Waals surface area contributed by atoms with Crippen molar-refractivity contribution in [3.05, 3.63) is 59.4 Å². The minimum Gasteiger partial charge on any atom is -0.381 e. The summed E-state index contributed by atoms with van der Waals surface area (Å²) in [4.78, 5) is 24.2. The average Bonchev–Trinajstić information content (AvgIpc) is 3.03. The second-order valence-corrected chi connectivity index (χ2v) is 6.72. The molecule has 5 nitrogen and oxygen atoms in total. The lowest BCUT2D eigenvalue weighted by Crippen LogP contribution is -2.44. The first-order chi connectivity index (χ1) is 12.0. The van der Waals surface area contributed by atoms with Crippen LogP contribution in [-0.4, -0.2) is 36.0 Å². The van der Waals surface area contributed by atoms with E-state index in [1.807, 2.05) is 18.2 Å². The van der Waals surface area contributed by atoms with Crippen LogP contribution < -0.4 is 5.32 Å². The van der Waals surface area contributed by atoms with Crippen molar-refractivity contribution in [2.24, 2.45) is 7.05 Å². The monoisotopic (exact) mass is 340 g/mol. The van der Waals surface area contributed by atoms with Crippen molar-refractivity contribution in [1.82, 2.24) is 9.88 Å². The lowest BCUT2D eigenvalue weighted by molar-refractivity contribution is 0.0486. The number of amides is 1. The molecule has 2 aromatic rings. The van der Waals surface area contributed by atoms with E-state index in [4.69, 9.17) is 4.74 Å². The second-order valence-electron chi connectivity index (χ2n) is 6.72. The SMILES string of the molecule is CC(=O)c1cc(C(=O)NCC2(c3ccccc3)CCOCC2)n(C)c1. The smallest absolute Gasteiger partial charge is 0.267 e. The van der Waals surface area contributed by atoms with Gasteiger partial charge in [0.1, 0.15) is 5.69 Å². The van der Waals surface area contributed by atoms with Gasteiger partial charge in [0.2, 0.25) is 0 Å². The van der Waals surface area contributed by atoms with Crippen LogP contribution in [0.3, 0.4) is 0 Å². The Hall–Kier alpha value is -2.40. The Kier molecular flexibility index (Phi) is 5.04. The van der Waals surface area contributed by atoms with Gasteiger partial charge in [-0.3, -0.25) is 9.59 Å². The molecule has 0 saturated carbocycles. The fourth-order valence-electron chi connectivity index (χ4n) is 3.44. The number of Topliss-reactive ketones (excluding diaryl/α,β-unsaturated/α-hetero) is 1. The van der Waals surface area contributed by atoms with E-state index < -0.39 is 0 Å². The summed E-state index contributed by atoms with van der Waals surface area (Å²) >= 11 is 0. The Labute approximate surface area is 148 Å². The van der Waals surface area contributed by atoms with Crippen molar-refractivity contribution in [3.8, 4) is 0 Å². The first-order valence-electron chi connectivity index (χ1n) is 8.61. The van der Waals surface area contributed by atoms with Gasteiger partial charge in [-0.15, -0.1) is 0 Å². The third-order valence-electron chi connectivity index (χ3n) is 5.07. The Morgan fingerprint density at radius 3 is 2.48 bits per heavy atom. The van der Waals surface area contributed by atoms with E-state index in [0.717, 1.165) is 12.8 Å². The molecule has 1 N–H and O–H groups in total. The molecule has 0 bridgehead atoms. The molecule has 1 aliphatic rings. The zero-order valence-corrected chi connectivity index (χ0v) is 14.7. The highest BCUT2D eigenvalue weighted by Gasteiger charge is 2.35.